The van der Waals surface area contributed by atoms with Crippen LogP contribution in [0.1, 0.15) is 6.42 Å². The normalized spacial score (nSPS) is 20.6. The summed E-state index contributed by atoms with van der Waals surface area (Å²) in [5.74, 6) is 0.786. The minimum atomic E-state index is -3.45. The van der Waals surface area contributed by atoms with Gasteiger partial charge in [-0.15, -0.1) is 0 Å². The molecule has 1 fully saturated rings. The molecule has 0 spiro atoms. The van der Waals surface area contributed by atoms with Gasteiger partial charge in [0.1, 0.15) is 10.6 Å². The number of ether oxygens (including phenoxy) is 1. The van der Waals surface area contributed by atoms with Gasteiger partial charge in [-0.2, -0.15) is 4.31 Å². The van der Waals surface area contributed by atoms with E-state index in [9.17, 15) is 8.42 Å². The van der Waals surface area contributed by atoms with Crippen molar-refractivity contribution >= 4 is 10.0 Å². The molecule has 106 valence electrons. The topological polar surface area (TPSA) is 58.6 Å². The Morgan fingerprint density at radius 3 is 2.84 bits per heavy atom. The molecular weight excluding hydrogens is 264 g/mol. The first-order valence-electron chi connectivity index (χ1n) is 6.37. The molecule has 1 heterocycles. The van der Waals surface area contributed by atoms with Crippen LogP contribution in [0, 0.1) is 5.92 Å². The van der Waals surface area contributed by atoms with Crippen molar-refractivity contribution in [3.05, 3.63) is 24.3 Å². The summed E-state index contributed by atoms with van der Waals surface area (Å²) in [7, 11) is -0.0776. The highest BCUT2D eigenvalue weighted by Gasteiger charge is 2.33. The van der Waals surface area contributed by atoms with E-state index < -0.39 is 10.0 Å². The molecule has 0 amide bonds. The van der Waals surface area contributed by atoms with E-state index in [0.717, 1.165) is 13.0 Å². The third kappa shape index (κ3) is 2.91. The van der Waals surface area contributed by atoms with Crippen molar-refractivity contribution in [2.75, 3.05) is 33.8 Å². The van der Waals surface area contributed by atoms with Crippen LogP contribution in [0.25, 0.3) is 0 Å². The zero-order chi connectivity index (χ0) is 13.9. The molecule has 0 unspecified atom stereocenters. The molecule has 1 N–H and O–H groups in total. The van der Waals surface area contributed by atoms with E-state index in [1.54, 1.807) is 28.6 Å². The van der Waals surface area contributed by atoms with E-state index in [4.69, 9.17) is 4.74 Å². The fraction of sp³-hybridized carbons (Fsp3) is 0.538. The van der Waals surface area contributed by atoms with Gasteiger partial charge in [-0.05, 0) is 38.1 Å². The zero-order valence-electron chi connectivity index (χ0n) is 11.3. The minimum Gasteiger partial charge on any atom is -0.495 e. The van der Waals surface area contributed by atoms with Gasteiger partial charge in [0.2, 0.25) is 10.0 Å². The van der Waals surface area contributed by atoms with Crippen LogP contribution in [0.4, 0.5) is 0 Å². The van der Waals surface area contributed by atoms with E-state index in [2.05, 4.69) is 5.32 Å². The van der Waals surface area contributed by atoms with Crippen LogP contribution in [0.2, 0.25) is 0 Å². The fourth-order valence-electron chi connectivity index (χ4n) is 2.44. The molecule has 19 heavy (non-hydrogen) atoms. The standard InChI is InChI=1S/C13H20N2O3S/c1-14-9-11-7-8-15(10-11)19(16,17)13-6-4-3-5-12(13)18-2/h3-6,11,14H,7-10H2,1-2H3/t11-/m1/s1. The molecule has 1 saturated heterocycles. The summed E-state index contributed by atoms with van der Waals surface area (Å²) in [5.41, 5.74) is 0. The number of sulfonamides is 1. The van der Waals surface area contributed by atoms with Crippen molar-refractivity contribution in [1.82, 2.24) is 9.62 Å². The molecule has 0 bridgehead atoms. The smallest absolute Gasteiger partial charge is 0.246 e. The van der Waals surface area contributed by atoms with Crippen molar-refractivity contribution < 1.29 is 13.2 Å². The van der Waals surface area contributed by atoms with E-state index in [-0.39, 0.29) is 4.90 Å². The van der Waals surface area contributed by atoms with Crippen molar-refractivity contribution in [1.29, 1.82) is 0 Å². The van der Waals surface area contributed by atoms with Gasteiger partial charge in [0.15, 0.2) is 0 Å². The number of nitrogens with zero attached hydrogens (tertiary/aromatic N) is 1. The maximum absolute atomic E-state index is 12.6. The van der Waals surface area contributed by atoms with Crippen LogP contribution in [0.5, 0.6) is 5.75 Å². The van der Waals surface area contributed by atoms with Crippen LogP contribution in [0.3, 0.4) is 0 Å². The van der Waals surface area contributed by atoms with Crippen molar-refractivity contribution in [2.45, 2.75) is 11.3 Å². The predicted molar refractivity (Wildman–Crippen MR) is 73.8 cm³/mol. The number of benzene rings is 1. The number of hydrogen-bond acceptors (Lipinski definition) is 4. The summed E-state index contributed by atoms with van der Waals surface area (Å²) in [6, 6.07) is 6.76. The largest absolute Gasteiger partial charge is 0.495 e. The SMILES string of the molecule is CNC[C@H]1CCN(S(=O)(=O)c2ccccc2OC)C1. The van der Waals surface area contributed by atoms with Gasteiger partial charge in [0.25, 0.3) is 0 Å². The predicted octanol–water partition coefficient (Wildman–Crippen LogP) is 0.925. The second-order valence-electron chi connectivity index (χ2n) is 4.73. The molecule has 1 aromatic carbocycles. The summed E-state index contributed by atoms with van der Waals surface area (Å²) in [5, 5.41) is 3.10. The molecule has 2 rings (SSSR count). The molecule has 0 aliphatic carbocycles. The third-order valence-electron chi connectivity index (χ3n) is 3.43. The van der Waals surface area contributed by atoms with Gasteiger partial charge < -0.3 is 10.1 Å². The summed E-state index contributed by atoms with van der Waals surface area (Å²) < 4.78 is 31.9. The lowest BCUT2D eigenvalue weighted by molar-refractivity contribution is 0.397. The Morgan fingerprint density at radius 1 is 1.42 bits per heavy atom. The minimum absolute atomic E-state index is 0.252. The highest BCUT2D eigenvalue weighted by Crippen LogP contribution is 2.29. The summed E-state index contributed by atoms with van der Waals surface area (Å²) >= 11 is 0. The number of rotatable bonds is 5. The van der Waals surface area contributed by atoms with E-state index >= 15 is 0 Å². The number of methoxy groups -OCH3 is 1. The lowest BCUT2D eigenvalue weighted by Gasteiger charge is -2.18. The second kappa shape index (κ2) is 5.90. The first-order valence-corrected chi connectivity index (χ1v) is 7.81. The lowest BCUT2D eigenvalue weighted by Crippen LogP contribution is -2.30. The molecular formula is C13H20N2O3S. The Bertz CT molecular complexity index is 530. The fourth-order valence-corrected chi connectivity index (χ4v) is 4.13. The molecule has 1 aliphatic heterocycles. The van der Waals surface area contributed by atoms with Crippen molar-refractivity contribution in [3.63, 3.8) is 0 Å². The van der Waals surface area contributed by atoms with Crippen molar-refractivity contribution in [2.24, 2.45) is 5.92 Å². The number of hydrogen-bond donors (Lipinski definition) is 1. The third-order valence-corrected chi connectivity index (χ3v) is 5.33. The Balaban J connectivity index is 2.24. The summed E-state index contributed by atoms with van der Waals surface area (Å²) in [6.45, 7) is 1.99. The average molecular weight is 284 g/mol. The number of para-hydroxylation sites is 1. The molecule has 5 nitrogen and oxygen atoms in total. The second-order valence-corrected chi connectivity index (χ2v) is 6.63. The van der Waals surface area contributed by atoms with E-state index in [1.807, 2.05) is 7.05 Å². The Kier molecular flexibility index (Phi) is 4.44. The maximum Gasteiger partial charge on any atom is 0.246 e. The average Bonchev–Trinajstić information content (AvgIpc) is 2.88. The van der Waals surface area contributed by atoms with Crippen molar-refractivity contribution in [3.8, 4) is 5.75 Å². The van der Waals surface area contributed by atoms with Gasteiger partial charge in [-0.25, -0.2) is 8.42 Å². The monoisotopic (exact) mass is 284 g/mol. The lowest BCUT2D eigenvalue weighted by atomic mass is 10.1. The quantitative estimate of drug-likeness (QED) is 0.874. The Labute approximate surface area is 114 Å². The molecule has 0 saturated carbocycles. The Morgan fingerprint density at radius 2 is 2.16 bits per heavy atom. The van der Waals surface area contributed by atoms with E-state index in [1.165, 1.54) is 7.11 Å². The maximum atomic E-state index is 12.6. The van der Waals surface area contributed by atoms with Gasteiger partial charge in [0, 0.05) is 13.1 Å². The summed E-state index contributed by atoms with van der Waals surface area (Å²) in [4.78, 5) is 0.252. The molecule has 1 aliphatic rings. The highest BCUT2D eigenvalue weighted by molar-refractivity contribution is 7.89. The molecule has 0 radical (unpaired) electrons. The number of nitrogens with one attached hydrogen (secondary N) is 1. The molecule has 1 atom stereocenters. The van der Waals surface area contributed by atoms with Gasteiger partial charge in [-0.3, -0.25) is 0 Å². The van der Waals surface area contributed by atoms with Gasteiger partial charge in [-0.1, -0.05) is 12.1 Å². The van der Waals surface area contributed by atoms with Crippen LogP contribution < -0.4 is 10.1 Å². The highest BCUT2D eigenvalue weighted by atomic mass is 32.2. The first-order chi connectivity index (χ1) is 9.09. The Hall–Kier alpha value is -1.11. The van der Waals surface area contributed by atoms with Crippen LogP contribution in [-0.2, 0) is 10.0 Å². The van der Waals surface area contributed by atoms with Crippen LogP contribution in [-0.4, -0.2) is 46.5 Å². The van der Waals surface area contributed by atoms with Gasteiger partial charge in [0.05, 0.1) is 7.11 Å². The molecule has 1 aromatic rings. The van der Waals surface area contributed by atoms with Crippen LogP contribution >= 0.6 is 0 Å². The van der Waals surface area contributed by atoms with E-state index in [0.29, 0.717) is 24.8 Å². The van der Waals surface area contributed by atoms with Gasteiger partial charge >= 0.3 is 0 Å². The molecule has 6 heteroatoms. The van der Waals surface area contributed by atoms with Crippen LogP contribution in [0.15, 0.2) is 29.2 Å². The first kappa shape index (κ1) is 14.3. The summed E-state index contributed by atoms with van der Waals surface area (Å²) in [6.07, 6.45) is 0.898. The zero-order valence-corrected chi connectivity index (χ0v) is 12.1. The molecule has 0 aromatic heterocycles.